The molecular formula is C9H9OY3-. The van der Waals surface area contributed by atoms with Gasteiger partial charge in [-0.25, -0.2) is 0 Å². The van der Waals surface area contributed by atoms with Crippen LogP contribution in [-0.2, 0) is 98.1 Å². The van der Waals surface area contributed by atoms with Crippen LogP contribution in [0.1, 0.15) is 21.5 Å². The number of aryl methyl sites for hydroxylation is 2. The van der Waals surface area contributed by atoms with Crippen molar-refractivity contribution < 1.29 is 103 Å². The Balaban J connectivity index is -0.000000333. The van der Waals surface area contributed by atoms with Gasteiger partial charge in [0.2, 0.25) is 0 Å². The molecule has 1 aromatic carbocycles. The summed E-state index contributed by atoms with van der Waals surface area (Å²) in [5.41, 5.74) is 2.66. The van der Waals surface area contributed by atoms with Crippen LogP contribution in [0.5, 0.6) is 0 Å². The van der Waals surface area contributed by atoms with Gasteiger partial charge >= 0.3 is 0 Å². The quantitative estimate of drug-likeness (QED) is 0.521. The molecule has 0 unspecified atom stereocenters. The van der Waals surface area contributed by atoms with Gasteiger partial charge in [0.05, 0.1) is 6.29 Å². The van der Waals surface area contributed by atoms with Gasteiger partial charge in [-0.2, -0.15) is 0 Å². The first-order valence-corrected chi connectivity index (χ1v) is 3.19. The average molecular weight is 400 g/mol. The zero-order valence-corrected chi connectivity index (χ0v) is 16.4. The molecule has 0 aromatic heterocycles. The largest absolute Gasteiger partial charge is 0.355 e. The normalized spacial score (nSPS) is 7.23. The molecule has 0 heterocycles. The van der Waals surface area contributed by atoms with Gasteiger partial charge in [0.15, 0.2) is 0 Å². The molecule has 0 atom stereocenters. The number of benzene rings is 1. The molecule has 61 valence electrons. The van der Waals surface area contributed by atoms with Crippen molar-refractivity contribution in [3.63, 3.8) is 0 Å². The van der Waals surface area contributed by atoms with E-state index >= 15 is 0 Å². The fourth-order valence-electron chi connectivity index (χ4n) is 0.815. The third kappa shape index (κ3) is 7.15. The first kappa shape index (κ1) is 20.6. The smallest absolute Gasteiger partial charge is 0.0658 e. The van der Waals surface area contributed by atoms with Crippen LogP contribution in [0, 0.1) is 19.9 Å². The molecule has 1 nitrogen and oxygen atoms in total. The van der Waals surface area contributed by atoms with Gasteiger partial charge in [-0.1, -0.05) is 13.8 Å². The molecule has 0 aliphatic heterocycles. The van der Waals surface area contributed by atoms with Gasteiger partial charge in [0.25, 0.3) is 0 Å². The van der Waals surface area contributed by atoms with Crippen molar-refractivity contribution in [2.45, 2.75) is 13.8 Å². The number of carbonyl (C=O) groups is 1. The molecule has 0 aliphatic rings. The van der Waals surface area contributed by atoms with E-state index in [4.69, 9.17) is 0 Å². The van der Waals surface area contributed by atoms with E-state index in [-0.39, 0.29) is 98.1 Å². The minimum Gasteiger partial charge on any atom is -0.355 e. The minimum atomic E-state index is 0. The van der Waals surface area contributed by atoms with Gasteiger partial charge in [-0.15, -0.1) is 34.9 Å². The van der Waals surface area contributed by atoms with Crippen molar-refractivity contribution in [1.82, 2.24) is 0 Å². The standard InChI is InChI=1S/C9H9O.3Y/c1-7-3-4-8(2)9(5-7)6-10;;;/h3-4,6H,1-2H3;;;/q-1;;;. The Labute approximate surface area is 155 Å². The first-order chi connectivity index (χ1) is 4.74. The second kappa shape index (κ2) is 10.7. The fourth-order valence-corrected chi connectivity index (χ4v) is 0.815. The molecule has 1 aromatic rings. The summed E-state index contributed by atoms with van der Waals surface area (Å²) in [5, 5.41) is 0. The third-order valence-electron chi connectivity index (χ3n) is 1.46. The number of hydrogen-bond acceptors (Lipinski definition) is 1. The summed E-state index contributed by atoms with van der Waals surface area (Å²) in [5.74, 6) is 0. The SMILES string of the molecule is Cc1[c-]c(C=O)c(C)cc1.[Y].[Y].[Y]. The second-order valence-electron chi connectivity index (χ2n) is 2.36. The van der Waals surface area contributed by atoms with Gasteiger partial charge in [-0.05, 0) is 0 Å². The summed E-state index contributed by atoms with van der Waals surface area (Å²) in [4.78, 5) is 10.3. The average Bonchev–Trinajstić information content (AvgIpc) is 1.94. The van der Waals surface area contributed by atoms with E-state index in [1.54, 1.807) is 0 Å². The van der Waals surface area contributed by atoms with Crippen LogP contribution in [0.3, 0.4) is 0 Å². The number of aldehydes is 1. The molecule has 3 radical (unpaired) electrons. The second-order valence-corrected chi connectivity index (χ2v) is 2.36. The Morgan fingerprint density at radius 1 is 1.15 bits per heavy atom. The summed E-state index contributed by atoms with van der Waals surface area (Å²) in [6.45, 7) is 3.83. The molecule has 13 heavy (non-hydrogen) atoms. The fraction of sp³-hybridized carbons (Fsp3) is 0.222. The maximum Gasteiger partial charge on any atom is 0.0658 e. The number of rotatable bonds is 1. The molecule has 0 N–H and O–H groups in total. The minimum absolute atomic E-state index is 0. The van der Waals surface area contributed by atoms with Crippen LogP contribution in [0.2, 0.25) is 0 Å². The van der Waals surface area contributed by atoms with Crippen LogP contribution >= 0.6 is 0 Å². The molecule has 0 saturated carbocycles. The van der Waals surface area contributed by atoms with E-state index in [1.807, 2.05) is 26.0 Å². The molecular weight excluding hydrogens is 391 g/mol. The van der Waals surface area contributed by atoms with Gasteiger partial charge in [0.1, 0.15) is 0 Å². The van der Waals surface area contributed by atoms with Gasteiger partial charge < -0.3 is 4.79 Å². The Morgan fingerprint density at radius 2 is 1.69 bits per heavy atom. The van der Waals surface area contributed by atoms with Crippen molar-refractivity contribution in [1.29, 1.82) is 0 Å². The van der Waals surface area contributed by atoms with E-state index in [0.717, 1.165) is 17.4 Å². The summed E-state index contributed by atoms with van der Waals surface area (Å²) in [7, 11) is 0. The van der Waals surface area contributed by atoms with Gasteiger partial charge in [0, 0.05) is 98.1 Å². The molecule has 0 aliphatic carbocycles. The van der Waals surface area contributed by atoms with Crippen molar-refractivity contribution in [2.24, 2.45) is 0 Å². The first-order valence-electron chi connectivity index (χ1n) is 3.19. The predicted molar refractivity (Wildman–Crippen MR) is 40.1 cm³/mol. The predicted octanol–water partition coefficient (Wildman–Crippen LogP) is 1.91. The summed E-state index contributed by atoms with van der Waals surface area (Å²) in [6, 6.07) is 6.83. The number of hydrogen-bond donors (Lipinski definition) is 0. The zero-order chi connectivity index (χ0) is 7.56. The van der Waals surface area contributed by atoms with E-state index in [9.17, 15) is 4.79 Å². The van der Waals surface area contributed by atoms with Crippen molar-refractivity contribution >= 4 is 6.29 Å². The van der Waals surface area contributed by atoms with Crippen molar-refractivity contribution in [2.75, 3.05) is 0 Å². The van der Waals surface area contributed by atoms with E-state index in [0.29, 0.717) is 5.56 Å². The Hall–Kier alpha value is 2.20. The van der Waals surface area contributed by atoms with Crippen molar-refractivity contribution in [3.05, 3.63) is 34.9 Å². The Morgan fingerprint density at radius 3 is 2.08 bits per heavy atom. The summed E-state index contributed by atoms with van der Waals surface area (Å²) >= 11 is 0. The van der Waals surface area contributed by atoms with Gasteiger partial charge in [-0.3, -0.25) is 0 Å². The number of carbonyl (C=O) groups excluding carboxylic acids is 1. The monoisotopic (exact) mass is 400 g/mol. The molecule has 1 rings (SSSR count). The topological polar surface area (TPSA) is 17.1 Å². The zero-order valence-electron chi connectivity index (χ0n) is 7.87. The van der Waals surface area contributed by atoms with E-state index in [2.05, 4.69) is 6.07 Å². The molecule has 0 saturated heterocycles. The molecule has 4 heteroatoms. The Kier molecular flexibility index (Phi) is 17.0. The molecule has 0 bridgehead atoms. The molecule has 0 amide bonds. The van der Waals surface area contributed by atoms with Crippen LogP contribution in [0.15, 0.2) is 12.1 Å². The van der Waals surface area contributed by atoms with Crippen LogP contribution in [-0.4, -0.2) is 6.29 Å². The van der Waals surface area contributed by atoms with E-state index in [1.165, 1.54) is 0 Å². The Bertz CT molecular complexity index is 261. The van der Waals surface area contributed by atoms with Crippen LogP contribution in [0.25, 0.3) is 0 Å². The molecule has 0 fully saturated rings. The third-order valence-corrected chi connectivity index (χ3v) is 1.46. The summed E-state index contributed by atoms with van der Waals surface area (Å²) < 4.78 is 0. The van der Waals surface area contributed by atoms with Crippen molar-refractivity contribution in [3.8, 4) is 0 Å². The molecule has 0 spiro atoms. The maximum atomic E-state index is 10.3. The van der Waals surface area contributed by atoms with Crippen LogP contribution < -0.4 is 0 Å². The van der Waals surface area contributed by atoms with Crippen LogP contribution in [0.4, 0.5) is 0 Å². The van der Waals surface area contributed by atoms with E-state index < -0.39 is 0 Å². The maximum absolute atomic E-state index is 10.3. The summed E-state index contributed by atoms with van der Waals surface area (Å²) in [6.07, 6.45) is 0.836.